The second-order valence-electron chi connectivity index (χ2n) is 7.31. The molecule has 0 radical (unpaired) electrons. The van der Waals surface area contributed by atoms with Crippen molar-refractivity contribution in [1.29, 1.82) is 0 Å². The van der Waals surface area contributed by atoms with Gasteiger partial charge in [-0.1, -0.05) is 20.8 Å². The second kappa shape index (κ2) is 8.70. The molecule has 0 aliphatic carbocycles. The number of carbonyl (C=O) groups is 1. The molecule has 0 aliphatic heterocycles. The minimum atomic E-state index is -0.0553. The fourth-order valence-corrected chi connectivity index (χ4v) is 1.65. The molecule has 3 nitrogen and oxygen atoms in total. The summed E-state index contributed by atoms with van der Waals surface area (Å²) in [7, 11) is 0. The zero-order chi connectivity index (χ0) is 14.9. The van der Waals surface area contributed by atoms with Gasteiger partial charge < -0.3 is 9.47 Å². The van der Waals surface area contributed by atoms with Crippen molar-refractivity contribution < 1.29 is 14.3 Å². The van der Waals surface area contributed by atoms with E-state index in [1.807, 2.05) is 0 Å². The van der Waals surface area contributed by atoms with Gasteiger partial charge in [-0.3, -0.25) is 4.79 Å². The number of hydrogen-bond donors (Lipinski definition) is 0. The third kappa shape index (κ3) is 15.5. The lowest BCUT2D eigenvalue weighted by Crippen LogP contribution is -2.19. The summed E-state index contributed by atoms with van der Waals surface area (Å²) in [6, 6.07) is 0. The van der Waals surface area contributed by atoms with Crippen LogP contribution in [-0.2, 0) is 14.3 Å². The van der Waals surface area contributed by atoms with Gasteiger partial charge in [-0.15, -0.1) is 0 Å². The Morgan fingerprint density at radius 1 is 0.895 bits per heavy atom. The molecule has 0 unspecified atom stereocenters. The van der Waals surface area contributed by atoms with Crippen LogP contribution in [0, 0.1) is 5.41 Å². The SMILES string of the molecule is CC(C)(C)CC(=O)CCOCCCCOC(C)(C)C. The van der Waals surface area contributed by atoms with E-state index in [0.29, 0.717) is 25.2 Å². The van der Waals surface area contributed by atoms with Crippen molar-refractivity contribution in [3.63, 3.8) is 0 Å². The van der Waals surface area contributed by atoms with Crippen molar-refractivity contribution in [3.05, 3.63) is 0 Å². The summed E-state index contributed by atoms with van der Waals surface area (Å²) in [5, 5.41) is 0. The average Bonchev–Trinajstić information content (AvgIpc) is 2.17. The van der Waals surface area contributed by atoms with Gasteiger partial charge in [0.25, 0.3) is 0 Å². The summed E-state index contributed by atoms with van der Waals surface area (Å²) in [5.74, 6) is 0.295. The van der Waals surface area contributed by atoms with Crippen molar-refractivity contribution in [2.75, 3.05) is 19.8 Å². The first-order chi connectivity index (χ1) is 8.60. The number of rotatable bonds is 9. The number of Topliss-reactive ketones (excluding diaryl/α,β-unsaturated/α-hetero) is 1. The first-order valence-corrected chi connectivity index (χ1v) is 7.33. The molecule has 0 saturated heterocycles. The molecule has 0 fully saturated rings. The Bertz CT molecular complexity index is 246. The summed E-state index contributed by atoms with van der Waals surface area (Å²) >= 11 is 0. The Morgan fingerprint density at radius 3 is 2.00 bits per heavy atom. The zero-order valence-electron chi connectivity index (χ0n) is 13.7. The van der Waals surface area contributed by atoms with Crippen LogP contribution in [0.2, 0.25) is 0 Å². The van der Waals surface area contributed by atoms with E-state index in [1.165, 1.54) is 0 Å². The predicted molar refractivity (Wildman–Crippen MR) is 79.5 cm³/mol. The highest BCUT2D eigenvalue weighted by Gasteiger charge is 2.15. The maximum atomic E-state index is 11.6. The lowest BCUT2D eigenvalue weighted by Gasteiger charge is -2.19. The summed E-state index contributed by atoms with van der Waals surface area (Å²) in [5.41, 5.74) is 0.0294. The molecule has 0 rings (SSSR count). The summed E-state index contributed by atoms with van der Waals surface area (Å²) in [4.78, 5) is 11.6. The molecule has 0 bridgehead atoms. The maximum Gasteiger partial charge on any atom is 0.135 e. The smallest absolute Gasteiger partial charge is 0.135 e. The maximum absolute atomic E-state index is 11.6. The highest BCUT2D eigenvalue weighted by atomic mass is 16.5. The van der Waals surface area contributed by atoms with Crippen LogP contribution < -0.4 is 0 Å². The molecule has 0 aromatic rings. The first kappa shape index (κ1) is 18.6. The van der Waals surface area contributed by atoms with Gasteiger partial charge in [-0.25, -0.2) is 0 Å². The summed E-state index contributed by atoms with van der Waals surface area (Å²) in [6.45, 7) is 14.5. The molecule has 0 aromatic heterocycles. The van der Waals surface area contributed by atoms with Gasteiger partial charge in [0.2, 0.25) is 0 Å². The van der Waals surface area contributed by atoms with E-state index in [0.717, 1.165) is 26.1 Å². The van der Waals surface area contributed by atoms with Gasteiger partial charge in [-0.2, -0.15) is 0 Å². The van der Waals surface area contributed by atoms with Gasteiger partial charge >= 0.3 is 0 Å². The van der Waals surface area contributed by atoms with Crippen molar-refractivity contribution in [3.8, 4) is 0 Å². The Morgan fingerprint density at radius 2 is 1.47 bits per heavy atom. The van der Waals surface area contributed by atoms with E-state index in [1.54, 1.807) is 0 Å². The van der Waals surface area contributed by atoms with E-state index < -0.39 is 0 Å². The quantitative estimate of drug-likeness (QED) is 0.595. The van der Waals surface area contributed by atoms with Gasteiger partial charge in [-0.05, 0) is 39.0 Å². The normalized spacial score (nSPS) is 12.7. The third-order valence-electron chi connectivity index (χ3n) is 2.47. The van der Waals surface area contributed by atoms with Crippen LogP contribution in [0.25, 0.3) is 0 Å². The standard InChI is InChI=1S/C16H32O3/c1-15(2,3)13-14(17)9-12-18-10-7-8-11-19-16(4,5)6/h7-13H2,1-6H3. The van der Waals surface area contributed by atoms with Crippen LogP contribution in [-0.4, -0.2) is 31.2 Å². The monoisotopic (exact) mass is 272 g/mol. The molecule has 0 atom stereocenters. The lowest BCUT2D eigenvalue weighted by atomic mass is 9.89. The number of carbonyl (C=O) groups excluding carboxylic acids is 1. The fraction of sp³-hybridized carbons (Fsp3) is 0.938. The van der Waals surface area contributed by atoms with Crippen LogP contribution in [0.4, 0.5) is 0 Å². The number of unbranched alkanes of at least 4 members (excludes halogenated alkanes) is 1. The molecule has 0 aromatic carbocycles. The third-order valence-corrected chi connectivity index (χ3v) is 2.47. The Labute approximate surface area is 119 Å². The van der Waals surface area contributed by atoms with Gasteiger partial charge in [0.1, 0.15) is 5.78 Å². The Kier molecular flexibility index (Phi) is 8.51. The average molecular weight is 272 g/mol. The van der Waals surface area contributed by atoms with Gasteiger partial charge in [0.05, 0.1) is 12.2 Å². The van der Waals surface area contributed by atoms with Crippen molar-refractivity contribution in [2.45, 2.75) is 72.8 Å². The van der Waals surface area contributed by atoms with E-state index in [4.69, 9.17) is 9.47 Å². The van der Waals surface area contributed by atoms with Crippen LogP contribution in [0.1, 0.15) is 67.2 Å². The number of ether oxygens (including phenoxy) is 2. The molecule has 3 heteroatoms. The number of ketones is 1. The highest BCUT2D eigenvalue weighted by Crippen LogP contribution is 2.19. The summed E-state index contributed by atoms with van der Waals surface area (Å²) < 4.78 is 11.1. The molecule has 0 saturated carbocycles. The van der Waals surface area contributed by atoms with E-state index >= 15 is 0 Å². The largest absolute Gasteiger partial charge is 0.381 e. The lowest BCUT2D eigenvalue weighted by molar-refractivity contribution is -0.121. The predicted octanol–water partition coefficient (Wildman–Crippen LogP) is 3.99. The van der Waals surface area contributed by atoms with Gasteiger partial charge in [0, 0.05) is 26.1 Å². The van der Waals surface area contributed by atoms with Crippen molar-refractivity contribution in [1.82, 2.24) is 0 Å². The minimum absolute atomic E-state index is 0.0553. The highest BCUT2D eigenvalue weighted by molar-refractivity contribution is 5.79. The molecule has 0 aliphatic rings. The van der Waals surface area contributed by atoms with Crippen molar-refractivity contribution >= 4 is 5.78 Å². The Balaban J connectivity index is 3.35. The molecule has 0 amide bonds. The van der Waals surface area contributed by atoms with Gasteiger partial charge in [0.15, 0.2) is 0 Å². The molecule has 0 heterocycles. The molecule has 19 heavy (non-hydrogen) atoms. The Hall–Kier alpha value is -0.410. The van der Waals surface area contributed by atoms with Crippen LogP contribution in [0.5, 0.6) is 0 Å². The molecular formula is C16H32O3. The van der Waals surface area contributed by atoms with Crippen molar-refractivity contribution in [2.24, 2.45) is 5.41 Å². The van der Waals surface area contributed by atoms with E-state index in [-0.39, 0.29) is 11.0 Å². The van der Waals surface area contributed by atoms with Crippen LogP contribution >= 0.6 is 0 Å². The van der Waals surface area contributed by atoms with Crippen LogP contribution in [0.15, 0.2) is 0 Å². The van der Waals surface area contributed by atoms with E-state index in [2.05, 4.69) is 41.5 Å². The number of hydrogen-bond acceptors (Lipinski definition) is 3. The fourth-order valence-electron chi connectivity index (χ4n) is 1.65. The molecule has 0 N–H and O–H groups in total. The van der Waals surface area contributed by atoms with E-state index in [9.17, 15) is 4.79 Å². The minimum Gasteiger partial charge on any atom is -0.381 e. The zero-order valence-corrected chi connectivity index (χ0v) is 13.7. The molecular weight excluding hydrogens is 240 g/mol. The molecule has 114 valence electrons. The second-order valence-corrected chi connectivity index (χ2v) is 7.31. The topological polar surface area (TPSA) is 35.5 Å². The first-order valence-electron chi connectivity index (χ1n) is 7.33. The summed E-state index contributed by atoms with van der Waals surface area (Å²) in [6.07, 6.45) is 3.17. The molecule has 0 spiro atoms. The van der Waals surface area contributed by atoms with Crippen LogP contribution in [0.3, 0.4) is 0 Å².